The van der Waals surface area contributed by atoms with Crippen molar-refractivity contribution in [1.82, 2.24) is 0 Å². The first-order valence-electron chi connectivity index (χ1n) is 5.95. The van der Waals surface area contributed by atoms with E-state index in [4.69, 9.17) is 15.7 Å². The molecule has 1 fully saturated rings. The summed E-state index contributed by atoms with van der Waals surface area (Å²) in [6, 6.07) is 7.46. The first-order valence-corrected chi connectivity index (χ1v) is 5.95. The highest BCUT2D eigenvalue weighted by Gasteiger charge is 2.26. The van der Waals surface area contributed by atoms with Crippen LogP contribution < -0.4 is 10.6 Å². The summed E-state index contributed by atoms with van der Waals surface area (Å²) in [5, 5.41) is 18.4. The van der Waals surface area contributed by atoms with Crippen molar-refractivity contribution in [2.45, 2.75) is 19.1 Å². The van der Waals surface area contributed by atoms with Gasteiger partial charge < -0.3 is 20.5 Å². The third kappa shape index (κ3) is 2.55. The summed E-state index contributed by atoms with van der Waals surface area (Å²) < 4.78 is 5.59. The molecule has 0 amide bonds. The Hall–Kier alpha value is -1.77. The molecule has 1 aliphatic heterocycles. The van der Waals surface area contributed by atoms with Crippen LogP contribution in [0.3, 0.4) is 0 Å². The molecule has 2 rings (SSSR count). The summed E-state index contributed by atoms with van der Waals surface area (Å²) in [5.41, 5.74) is 7.66. The van der Waals surface area contributed by atoms with E-state index in [-0.39, 0.29) is 18.8 Å². The highest BCUT2D eigenvalue weighted by Crippen LogP contribution is 2.25. The average Bonchev–Trinajstić information content (AvgIpc) is 2.37. The monoisotopic (exact) mass is 247 g/mol. The van der Waals surface area contributed by atoms with Gasteiger partial charge in [0.25, 0.3) is 0 Å². The minimum Gasteiger partial charge on any atom is -0.399 e. The SMILES string of the molecule is CC1CN(c2ccc(N)cc2C#N)CC(CO)O1. The van der Waals surface area contributed by atoms with Gasteiger partial charge in [-0.25, -0.2) is 0 Å². The van der Waals surface area contributed by atoms with Crippen molar-refractivity contribution in [2.24, 2.45) is 0 Å². The van der Waals surface area contributed by atoms with Crippen LogP contribution in [0.5, 0.6) is 0 Å². The van der Waals surface area contributed by atoms with E-state index in [1.54, 1.807) is 12.1 Å². The predicted molar refractivity (Wildman–Crippen MR) is 69.2 cm³/mol. The largest absolute Gasteiger partial charge is 0.399 e. The van der Waals surface area contributed by atoms with Crippen LogP contribution in [-0.2, 0) is 4.74 Å². The van der Waals surface area contributed by atoms with Crippen molar-refractivity contribution in [2.75, 3.05) is 30.3 Å². The third-order valence-electron chi connectivity index (χ3n) is 3.01. The minimum absolute atomic E-state index is 0.0162. The number of rotatable bonds is 2. The molecule has 0 aliphatic carbocycles. The lowest BCUT2D eigenvalue weighted by molar-refractivity contribution is -0.0421. The minimum atomic E-state index is -0.210. The number of morpholine rings is 1. The molecule has 2 atom stereocenters. The second kappa shape index (κ2) is 5.25. The molecule has 0 bridgehead atoms. The molecule has 18 heavy (non-hydrogen) atoms. The second-order valence-electron chi connectivity index (χ2n) is 4.54. The lowest BCUT2D eigenvalue weighted by Gasteiger charge is -2.37. The molecule has 0 aromatic heterocycles. The first-order chi connectivity index (χ1) is 8.63. The topological polar surface area (TPSA) is 82.5 Å². The van der Waals surface area contributed by atoms with Crippen LogP contribution in [0, 0.1) is 11.3 Å². The summed E-state index contributed by atoms with van der Waals surface area (Å²) in [6.07, 6.45) is -0.183. The highest BCUT2D eigenvalue weighted by atomic mass is 16.5. The molecule has 0 saturated carbocycles. The van der Waals surface area contributed by atoms with E-state index in [1.165, 1.54) is 0 Å². The Morgan fingerprint density at radius 1 is 1.56 bits per heavy atom. The van der Waals surface area contributed by atoms with Crippen LogP contribution in [0.1, 0.15) is 12.5 Å². The van der Waals surface area contributed by atoms with Crippen molar-refractivity contribution >= 4 is 11.4 Å². The van der Waals surface area contributed by atoms with Crippen LogP contribution in [-0.4, -0.2) is 37.0 Å². The van der Waals surface area contributed by atoms with Crippen LogP contribution in [0.4, 0.5) is 11.4 Å². The van der Waals surface area contributed by atoms with E-state index in [0.29, 0.717) is 24.3 Å². The molecule has 5 heteroatoms. The Bertz CT molecular complexity index is 470. The number of hydrogen-bond acceptors (Lipinski definition) is 5. The maximum Gasteiger partial charge on any atom is 0.101 e. The lowest BCUT2D eigenvalue weighted by Crippen LogP contribution is -2.48. The van der Waals surface area contributed by atoms with Gasteiger partial charge in [-0.3, -0.25) is 0 Å². The Kier molecular flexibility index (Phi) is 3.70. The van der Waals surface area contributed by atoms with Crippen molar-refractivity contribution in [3.05, 3.63) is 23.8 Å². The first kappa shape index (κ1) is 12.7. The number of nitriles is 1. The van der Waals surface area contributed by atoms with E-state index in [1.807, 2.05) is 13.0 Å². The van der Waals surface area contributed by atoms with Crippen LogP contribution >= 0.6 is 0 Å². The molecular formula is C13H17N3O2. The smallest absolute Gasteiger partial charge is 0.101 e. The Morgan fingerprint density at radius 2 is 2.33 bits per heavy atom. The fourth-order valence-electron chi connectivity index (χ4n) is 2.26. The van der Waals surface area contributed by atoms with Gasteiger partial charge in [0.2, 0.25) is 0 Å². The summed E-state index contributed by atoms with van der Waals surface area (Å²) >= 11 is 0. The van der Waals surface area contributed by atoms with E-state index < -0.39 is 0 Å². The van der Waals surface area contributed by atoms with Gasteiger partial charge in [-0.05, 0) is 25.1 Å². The number of ether oxygens (including phenoxy) is 1. The Balaban J connectivity index is 2.28. The zero-order valence-corrected chi connectivity index (χ0v) is 10.3. The maximum atomic E-state index is 9.21. The molecule has 5 nitrogen and oxygen atoms in total. The van der Waals surface area contributed by atoms with Crippen LogP contribution in [0.25, 0.3) is 0 Å². The quantitative estimate of drug-likeness (QED) is 0.753. The molecule has 3 N–H and O–H groups in total. The predicted octanol–water partition coefficient (Wildman–Crippen LogP) is 0.726. The molecule has 1 aliphatic rings. The van der Waals surface area contributed by atoms with Crippen LogP contribution in [0.2, 0.25) is 0 Å². The van der Waals surface area contributed by atoms with E-state index >= 15 is 0 Å². The van der Waals surface area contributed by atoms with Crippen molar-refractivity contribution in [3.63, 3.8) is 0 Å². The van der Waals surface area contributed by atoms with Crippen LogP contribution in [0.15, 0.2) is 18.2 Å². The molecule has 2 unspecified atom stereocenters. The molecule has 1 aromatic carbocycles. The van der Waals surface area contributed by atoms with Crippen molar-refractivity contribution in [3.8, 4) is 6.07 Å². The van der Waals surface area contributed by atoms with Crippen molar-refractivity contribution < 1.29 is 9.84 Å². The average molecular weight is 247 g/mol. The molecular weight excluding hydrogens is 230 g/mol. The number of aliphatic hydroxyl groups excluding tert-OH is 1. The van der Waals surface area contributed by atoms with Gasteiger partial charge in [-0.1, -0.05) is 0 Å². The van der Waals surface area contributed by atoms with Gasteiger partial charge in [0.15, 0.2) is 0 Å². The van der Waals surface area contributed by atoms with E-state index in [9.17, 15) is 5.11 Å². The highest BCUT2D eigenvalue weighted by molar-refractivity contribution is 5.64. The Morgan fingerprint density at radius 3 is 3.00 bits per heavy atom. The molecule has 1 aromatic rings. The summed E-state index contributed by atoms with van der Waals surface area (Å²) in [5.74, 6) is 0. The number of benzene rings is 1. The van der Waals surface area contributed by atoms with Gasteiger partial charge in [-0.15, -0.1) is 0 Å². The van der Waals surface area contributed by atoms with E-state index in [2.05, 4.69) is 11.0 Å². The second-order valence-corrected chi connectivity index (χ2v) is 4.54. The number of nitrogen functional groups attached to an aromatic ring is 1. The fourth-order valence-corrected chi connectivity index (χ4v) is 2.26. The zero-order chi connectivity index (χ0) is 13.1. The Labute approximate surface area is 106 Å². The normalized spacial score (nSPS) is 23.7. The molecule has 0 radical (unpaired) electrons. The van der Waals surface area contributed by atoms with E-state index in [0.717, 1.165) is 5.69 Å². The third-order valence-corrected chi connectivity index (χ3v) is 3.01. The number of nitrogens with zero attached hydrogens (tertiary/aromatic N) is 2. The maximum absolute atomic E-state index is 9.21. The fraction of sp³-hybridized carbons (Fsp3) is 0.462. The van der Waals surface area contributed by atoms with Gasteiger partial charge in [0.1, 0.15) is 6.07 Å². The lowest BCUT2D eigenvalue weighted by atomic mass is 10.1. The standard InChI is InChI=1S/C13H17N3O2/c1-9-6-16(7-12(8-17)18-9)13-3-2-11(15)4-10(13)5-14/h2-4,9,12,17H,6-8,15H2,1H3. The number of hydrogen-bond donors (Lipinski definition) is 2. The van der Waals surface area contributed by atoms with Gasteiger partial charge >= 0.3 is 0 Å². The zero-order valence-electron chi connectivity index (χ0n) is 10.3. The number of aliphatic hydroxyl groups is 1. The molecule has 1 saturated heterocycles. The van der Waals surface area contributed by atoms with Crippen molar-refractivity contribution in [1.29, 1.82) is 5.26 Å². The molecule has 0 spiro atoms. The molecule has 96 valence electrons. The summed E-state index contributed by atoms with van der Waals surface area (Å²) in [7, 11) is 0. The molecule has 1 heterocycles. The van der Waals surface area contributed by atoms with Gasteiger partial charge in [0, 0.05) is 18.8 Å². The number of anilines is 2. The summed E-state index contributed by atoms with van der Waals surface area (Å²) in [6.45, 7) is 3.23. The summed E-state index contributed by atoms with van der Waals surface area (Å²) in [4.78, 5) is 2.06. The van der Waals surface area contributed by atoms with Gasteiger partial charge in [0.05, 0.1) is 30.1 Å². The van der Waals surface area contributed by atoms with Gasteiger partial charge in [-0.2, -0.15) is 5.26 Å². The number of nitrogens with two attached hydrogens (primary N) is 1.